The summed E-state index contributed by atoms with van der Waals surface area (Å²) in [4.78, 5) is 23.7. The van der Waals surface area contributed by atoms with Crippen LogP contribution >= 0.6 is 11.8 Å². The van der Waals surface area contributed by atoms with Gasteiger partial charge in [0.1, 0.15) is 0 Å². The van der Waals surface area contributed by atoms with Gasteiger partial charge in [0.05, 0.1) is 11.6 Å². The number of benzene rings is 2. The van der Waals surface area contributed by atoms with Crippen LogP contribution in [0.25, 0.3) is 0 Å². The van der Waals surface area contributed by atoms with Crippen LogP contribution in [-0.2, 0) is 10.5 Å². The van der Waals surface area contributed by atoms with Gasteiger partial charge in [0.25, 0.3) is 5.12 Å². The molecule has 0 spiro atoms. The van der Waals surface area contributed by atoms with Gasteiger partial charge < -0.3 is 0 Å². The molecule has 0 unspecified atom stereocenters. The van der Waals surface area contributed by atoms with Gasteiger partial charge >= 0.3 is 0 Å². The minimum absolute atomic E-state index is 0.314. The highest BCUT2D eigenvalue weighted by Gasteiger charge is 2.16. The molecule has 0 N–H and O–H groups in total. The molecule has 0 saturated heterocycles. The second-order valence-corrected chi connectivity index (χ2v) is 5.03. The summed E-state index contributed by atoms with van der Waals surface area (Å²) in [6, 6.07) is 17.5. The van der Waals surface area contributed by atoms with Crippen LogP contribution in [0.5, 0.6) is 0 Å². The number of ketones is 1. The average molecular weight is 281 g/mol. The van der Waals surface area contributed by atoms with Crippen molar-refractivity contribution in [1.29, 1.82) is 5.26 Å². The van der Waals surface area contributed by atoms with Gasteiger partial charge in [-0.25, -0.2) is 0 Å². The fourth-order valence-corrected chi connectivity index (χ4v) is 2.34. The van der Waals surface area contributed by atoms with E-state index < -0.39 is 10.9 Å². The van der Waals surface area contributed by atoms with E-state index in [-0.39, 0.29) is 0 Å². The van der Waals surface area contributed by atoms with Gasteiger partial charge in [-0.3, -0.25) is 9.59 Å². The Kier molecular flexibility index (Phi) is 4.70. The molecule has 0 radical (unpaired) electrons. The van der Waals surface area contributed by atoms with E-state index in [0.29, 0.717) is 16.9 Å². The van der Waals surface area contributed by atoms with Crippen molar-refractivity contribution in [2.24, 2.45) is 0 Å². The normalized spacial score (nSPS) is 9.75. The van der Waals surface area contributed by atoms with Gasteiger partial charge in [-0.2, -0.15) is 5.26 Å². The van der Waals surface area contributed by atoms with Crippen molar-refractivity contribution < 1.29 is 9.59 Å². The lowest BCUT2D eigenvalue weighted by Gasteiger charge is -2.01. The lowest BCUT2D eigenvalue weighted by atomic mass is 10.1. The zero-order chi connectivity index (χ0) is 14.4. The van der Waals surface area contributed by atoms with Crippen molar-refractivity contribution in [3.63, 3.8) is 0 Å². The smallest absolute Gasteiger partial charge is 0.260 e. The first-order valence-corrected chi connectivity index (χ1v) is 6.95. The summed E-state index contributed by atoms with van der Waals surface area (Å²) in [5.74, 6) is -0.0581. The molecule has 4 heteroatoms. The van der Waals surface area contributed by atoms with E-state index in [1.54, 1.807) is 0 Å². The molecule has 2 aromatic carbocycles. The summed E-state index contributed by atoms with van der Waals surface area (Å²) >= 11 is 0.989. The standard InChI is InChI=1S/C16H11NO2S/c17-10-12-6-8-14(9-7-12)15(18)16(19)20-11-13-4-2-1-3-5-13/h1-9H,11H2. The summed E-state index contributed by atoms with van der Waals surface area (Å²) in [5, 5.41) is 8.19. The van der Waals surface area contributed by atoms with Crippen LogP contribution in [0.2, 0.25) is 0 Å². The molecule has 0 aliphatic rings. The third-order valence-electron chi connectivity index (χ3n) is 2.67. The van der Waals surface area contributed by atoms with Crippen LogP contribution in [-0.4, -0.2) is 10.9 Å². The third kappa shape index (κ3) is 3.56. The molecule has 0 aliphatic carbocycles. The van der Waals surface area contributed by atoms with Crippen LogP contribution in [0.3, 0.4) is 0 Å². The largest absolute Gasteiger partial charge is 0.284 e. The summed E-state index contributed by atoms with van der Waals surface area (Å²) in [6.07, 6.45) is 0. The second-order valence-electron chi connectivity index (χ2n) is 4.08. The summed E-state index contributed by atoms with van der Waals surface area (Å²) < 4.78 is 0. The summed E-state index contributed by atoms with van der Waals surface area (Å²) in [5.41, 5.74) is 1.78. The highest BCUT2D eigenvalue weighted by atomic mass is 32.2. The molecule has 0 heterocycles. The molecule has 0 atom stereocenters. The number of carbonyl (C=O) groups is 2. The molecule has 98 valence electrons. The molecule has 2 aromatic rings. The number of nitrogens with zero attached hydrogens (tertiary/aromatic N) is 1. The summed E-state index contributed by atoms with van der Waals surface area (Å²) in [6.45, 7) is 0. The monoisotopic (exact) mass is 281 g/mol. The Hall–Kier alpha value is -2.38. The van der Waals surface area contributed by atoms with Crippen LogP contribution < -0.4 is 0 Å². The Morgan fingerprint density at radius 2 is 1.65 bits per heavy atom. The number of nitriles is 1. The number of rotatable bonds is 4. The zero-order valence-corrected chi connectivity index (χ0v) is 11.4. The Labute approximate surface area is 121 Å². The molecule has 0 fully saturated rings. The quantitative estimate of drug-likeness (QED) is 0.638. The number of hydrogen-bond acceptors (Lipinski definition) is 4. The van der Waals surface area contributed by atoms with Crippen LogP contribution in [0.15, 0.2) is 54.6 Å². The minimum atomic E-state index is -0.532. The molecule has 0 aliphatic heterocycles. The molecule has 0 amide bonds. The fraction of sp³-hybridized carbons (Fsp3) is 0.0625. The van der Waals surface area contributed by atoms with Gasteiger partial charge in [0, 0.05) is 11.3 Å². The predicted molar refractivity (Wildman–Crippen MR) is 78.2 cm³/mol. The highest BCUT2D eigenvalue weighted by Crippen LogP contribution is 2.16. The maximum Gasteiger partial charge on any atom is 0.260 e. The van der Waals surface area contributed by atoms with Gasteiger partial charge in [-0.1, -0.05) is 42.1 Å². The predicted octanol–water partition coefficient (Wildman–Crippen LogP) is 3.20. The van der Waals surface area contributed by atoms with Crippen molar-refractivity contribution in [1.82, 2.24) is 0 Å². The fourth-order valence-electron chi connectivity index (χ4n) is 1.60. The minimum Gasteiger partial charge on any atom is -0.284 e. The molecule has 0 bridgehead atoms. The topological polar surface area (TPSA) is 57.9 Å². The molecule has 0 saturated carbocycles. The Bertz CT molecular complexity index is 657. The summed E-state index contributed by atoms with van der Waals surface area (Å²) in [7, 11) is 0. The third-order valence-corrected chi connectivity index (χ3v) is 3.60. The van der Waals surface area contributed by atoms with Gasteiger partial charge in [0.15, 0.2) is 0 Å². The van der Waals surface area contributed by atoms with E-state index in [1.807, 2.05) is 36.4 Å². The van der Waals surface area contributed by atoms with E-state index in [1.165, 1.54) is 24.3 Å². The first-order valence-electron chi connectivity index (χ1n) is 5.96. The molecular formula is C16H11NO2S. The van der Waals surface area contributed by atoms with Crippen molar-refractivity contribution in [3.05, 3.63) is 71.3 Å². The van der Waals surface area contributed by atoms with E-state index in [9.17, 15) is 9.59 Å². The molecule has 0 aromatic heterocycles. The SMILES string of the molecule is N#Cc1ccc(C(=O)C(=O)SCc2ccccc2)cc1. The van der Waals surface area contributed by atoms with Crippen molar-refractivity contribution in [2.45, 2.75) is 5.75 Å². The molecule has 3 nitrogen and oxygen atoms in total. The van der Waals surface area contributed by atoms with E-state index >= 15 is 0 Å². The highest BCUT2D eigenvalue weighted by molar-refractivity contribution is 8.14. The van der Waals surface area contributed by atoms with E-state index in [2.05, 4.69) is 0 Å². The maximum atomic E-state index is 11.9. The van der Waals surface area contributed by atoms with E-state index in [0.717, 1.165) is 17.3 Å². The number of Topliss-reactive ketones (excluding diaryl/α,β-unsaturated/α-hetero) is 1. The lowest BCUT2D eigenvalue weighted by molar-refractivity contribution is -0.107. The Morgan fingerprint density at radius 1 is 1.00 bits per heavy atom. The Morgan fingerprint density at radius 3 is 2.25 bits per heavy atom. The number of carbonyl (C=O) groups excluding carboxylic acids is 2. The first-order chi connectivity index (χ1) is 9.70. The van der Waals surface area contributed by atoms with Crippen LogP contribution in [0, 0.1) is 11.3 Å². The number of thioether (sulfide) groups is 1. The van der Waals surface area contributed by atoms with Crippen molar-refractivity contribution >= 4 is 22.7 Å². The van der Waals surface area contributed by atoms with E-state index in [4.69, 9.17) is 5.26 Å². The average Bonchev–Trinajstić information content (AvgIpc) is 2.53. The molecular weight excluding hydrogens is 270 g/mol. The molecule has 2 rings (SSSR count). The molecule has 20 heavy (non-hydrogen) atoms. The van der Waals surface area contributed by atoms with Crippen LogP contribution in [0.4, 0.5) is 0 Å². The zero-order valence-electron chi connectivity index (χ0n) is 10.6. The lowest BCUT2D eigenvalue weighted by Crippen LogP contribution is -2.10. The second kappa shape index (κ2) is 6.69. The first kappa shape index (κ1) is 14.0. The maximum absolute atomic E-state index is 11.9. The van der Waals surface area contributed by atoms with Gasteiger partial charge in [0.2, 0.25) is 5.78 Å². The van der Waals surface area contributed by atoms with Crippen molar-refractivity contribution in [3.8, 4) is 6.07 Å². The van der Waals surface area contributed by atoms with Crippen molar-refractivity contribution in [2.75, 3.05) is 0 Å². The van der Waals surface area contributed by atoms with Gasteiger partial charge in [-0.05, 0) is 29.8 Å². The van der Waals surface area contributed by atoms with Crippen LogP contribution in [0.1, 0.15) is 21.5 Å². The van der Waals surface area contributed by atoms with Gasteiger partial charge in [-0.15, -0.1) is 0 Å². The Balaban J connectivity index is 1.98. The number of hydrogen-bond donors (Lipinski definition) is 0.